The molecule has 0 aliphatic rings. The van der Waals surface area contributed by atoms with Crippen LogP contribution in [-0.4, -0.2) is 5.11 Å². The summed E-state index contributed by atoms with van der Waals surface area (Å²) in [5, 5.41) is 10.2. The molecule has 0 aliphatic heterocycles. The van der Waals surface area contributed by atoms with Crippen LogP contribution in [0.15, 0.2) is 18.2 Å². The maximum absolute atomic E-state index is 10.2. The van der Waals surface area contributed by atoms with Gasteiger partial charge in [-0.3, -0.25) is 0 Å². The number of aliphatic hydroxyl groups is 1. The highest BCUT2D eigenvalue weighted by atomic mass is 16.3. The van der Waals surface area contributed by atoms with E-state index in [9.17, 15) is 5.11 Å². The molecule has 15 heavy (non-hydrogen) atoms. The summed E-state index contributed by atoms with van der Waals surface area (Å²) in [4.78, 5) is 0. The summed E-state index contributed by atoms with van der Waals surface area (Å²) in [5.74, 6) is 0.340. The molecule has 0 saturated carbocycles. The van der Waals surface area contributed by atoms with Crippen LogP contribution in [-0.2, 0) is 0 Å². The molecule has 0 bridgehead atoms. The number of anilines is 1. The van der Waals surface area contributed by atoms with Crippen molar-refractivity contribution in [2.75, 3.05) is 5.73 Å². The minimum Gasteiger partial charge on any atom is -0.399 e. The van der Waals surface area contributed by atoms with Crippen molar-refractivity contribution in [3.63, 3.8) is 0 Å². The van der Waals surface area contributed by atoms with Crippen molar-refractivity contribution in [2.24, 2.45) is 5.92 Å². The van der Waals surface area contributed by atoms with Gasteiger partial charge < -0.3 is 10.8 Å². The van der Waals surface area contributed by atoms with Crippen LogP contribution in [0.4, 0.5) is 5.69 Å². The first-order valence-corrected chi connectivity index (χ1v) is 5.64. The second-order valence-corrected chi connectivity index (χ2v) is 4.14. The molecular weight excluding hydrogens is 186 g/mol. The number of aryl methyl sites for hydroxylation is 1. The fraction of sp³-hybridized carbons (Fsp3) is 0.538. The Hall–Kier alpha value is -1.02. The smallest absolute Gasteiger partial charge is 0.0820 e. The van der Waals surface area contributed by atoms with Crippen LogP contribution in [0.1, 0.15) is 43.9 Å². The minimum atomic E-state index is -0.361. The van der Waals surface area contributed by atoms with Crippen molar-refractivity contribution in [3.05, 3.63) is 29.3 Å². The van der Waals surface area contributed by atoms with Gasteiger partial charge in [0, 0.05) is 5.69 Å². The average Bonchev–Trinajstić information content (AvgIpc) is 2.19. The van der Waals surface area contributed by atoms with Gasteiger partial charge in [-0.2, -0.15) is 0 Å². The number of nitrogen functional groups attached to an aromatic ring is 1. The molecule has 2 heteroatoms. The molecule has 0 heterocycles. The summed E-state index contributed by atoms with van der Waals surface area (Å²) in [6.07, 6.45) is 1.64. The maximum Gasteiger partial charge on any atom is 0.0820 e. The number of hydrogen-bond acceptors (Lipinski definition) is 2. The average molecular weight is 207 g/mol. The lowest BCUT2D eigenvalue weighted by Crippen LogP contribution is -2.12. The number of rotatable bonds is 4. The Morgan fingerprint density at radius 2 is 1.87 bits per heavy atom. The Kier molecular flexibility index (Phi) is 4.15. The highest BCUT2D eigenvalue weighted by Crippen LogP contribution is 2.29. The standard InChI is InChI=1S/C13H21NO/c1-4-10(5-2)13(15)12-7-6-11(14)8-9(12)3/h6-8,10,13,15H,4-5,14H2,1-3H3. The van der Waals surface area contributed by atoms with Crippen LogP contribution >= 0.6 is 0 Å². The van der Waals surface area contributed by atoms with E-state index in [-0.39, 0.29) is 6.10 Å². The molecule has 2 nitrogen and oxygen atoms in total. The van der Waals surface area contributed by atoms with Crippen molar-refractivity contribution in [3.8, 4) is 0 Å². The van der Waals surface area contributed by atoms with Gasteiger partial charge in [0.15, 0.2) is 0 Å². The molecule has 1 unspecified atom stereocenters. The molecular formula is C13H21NO. The van der Waals surface area contributed by atoms with Crippen LogP contribution in [0.25, 0.3) is 0 Å². The molecule has 0 amide bonds. The molecule has 84 valence electrons. The van der Waals surface area contributed by atoms with Crippen LogP contribution in [0.3, 0.4) is 0 Å². The van der Waals surface area contributed by atoms with E-state index < -0.39 is 0 Å². The zero-order chi connectivity index (χ0) is 11.4. The Morgan fingerprint density at radius 3 is 2.33 bits per heavy atom. The van der Waals surface area contributed by atoms with E-state index in [4.69, 9.17) is 5.73 Å². The molecule has 0 aliphatic carbocycles. The van der Waals surface area contributed by atoms with E-state index in [0.717, 1.165) is 29.7 Å². The molecule has 3 N–H and O–H groups in total. The van der Waals surface area contributed by atoms with Crippen molar-refractivity contribution in [1.82, 2.24) is 0 Å². The summed E-state index contributed by atoms with van der Waals surface area (Å²) in [6, 6.07) is 5.71. The van der Waals surface area contributed by atoms with Gasteiger partial charge in [0.25, 0.3) is 0 Å². The van der Waals surface area contributed by atoms with E-state index in [1.807, 2.05) is 25.1 Å². The molecule has 0 saturated heterocycles. The summed E-state index contributed by atoms with van der Waals surface area (Å²) in [7, 11) is 0. The fourth-order valence-electron chi connectivity index (χ4n) is 2.02. The Morgan fingerprint density at radius 1 is 1.27 bits per heavy atom. The lowest BCUT2D eigenvalue weighted by atomic mass is 9.89. The van der Waals surface area contributed by atoms with E-state index in [1.165, 1.54) is 0 Å². The third kappa shape index (κ3) is 2.72. The van der Waals surface area contributed by atoms with Gasteiger partial charge in [0.05, 0.1) is 6.10 Å². The quantitative estimate of drug-likeness (QED) is 0.745. The highest BCUT2D eigenvalue weighted by Gasteiger charge is 2.18. The number of benzene rings is 1. The van der Waals surface area contributed by atoms with E-state index >= 15 is 0 Å². The maximum atomic E-state index is 10.2. The summed E-state index contributed by atoms with van der Waals surface area (Å²) >= 11 is 0. The second kappa shape index (κ2) is 5.17. The molecule has 0 spiro atoms. The molecule has 1 rings (SSSR count). The third-order valence-corrected chi connectivity index (χ3v) is 3.11. The topological polar surface area (TPSA) is 46.2 Å². The zero-order valence-electron chi connectivity index (χ0n) is 9.83. The van der Waals surface area contributed by atoms with Gasteiger partial charge in [-0.05, 0) is 36.1 Å². The van der Waals surface area contributed by atoms with E-state index in [2.05, 4.69) is 13.8 Å². The van der Waals surface area contributed by atoms with Crippen LogP contribution in [0.2, 0.25) is 0 Å². The highest BCUT2D eigenvalue weighted by molar-refractivity contribution is 5.45. The van der Waals surface area contributed by atoms with Crippen molar-refractivity contribution in [1.29, 1.82) is 0 Å². The predicted molar refractivity (Wildman–Crippen MR) is 64.6 cm³/mol. The molecule has 1 atom stereocenters. The Labute approximate surface area is 92.1 Å². The fourth-order valence-corrected chi connectivity index (χ4v) is 2.02. The van der Waals surface area contributed by atoms with Crippen molar-refractivity contribution >= 4 is 5.69 Å². The molecule has 1 aromatic carbocycles. The number of aliphatic hydroxyl groups excluding tert-OH is 1. The lowest BCUT2D eigenvalue weighted by molar-refractivity contribution is 0.103. The second-order valence-electron chi connectivity index (χ2n) is 4.14. The van der Waals surface area contributed by atoms with E-state index in [0.29, 0.717) is 5.92 Å². The summed E-state index contributed by atoms with van der Waals surface area (Å²) in [5.41, 5.74) is 8.53. The minimum absolute atomic E-state index is 0.340. The van der Waals surface area contributed by atoms with Crippen molar-refractivity contribution in [2.45, 2.75) is 39.7 Å². The molecule has 1 aromatic rings. The third-order valence-electron chi connectivity index (χ3n) is 3.11. The van der Waals surface area contributed by atoms with E-state index in [1.54, 1.807) is 0 Å². The number of hydrogen-bond donors (Lipinski definition) is 2. The Balaban J connectivity index is 2.94. The number of nitrogens with two attached hydrogens (primary N) is 1. The Bertz CT molecular complexity index is 318. The first-order chi connectivity index (χ1) is 7.10. The first kappa shape index (κ1) is 12.1. The van der Waals surface area contributed by atoms with Gasteiger partial charge in [-0.1, -0.05) is 32.8 Å². The van der Waals surface area contributed by atoms with Crippen LogP contribution < -0.4 is 5.73 Å². The SMILES string of the molecule is CCC(CC)C(O)c1ccc(N)cc1C. The summed E-state index contributed by atoms with van der Waals surface area (Å²) in [6.45, 7) is 6.23. The van der Waals surface area contributed by atoms with Crippen LogP contribution in [0, 0.1) is 12.8 Å². The van der Waals surface area contributed by atoms with Crippen molar-refractivity contribution < 1.29 is 5.11 Å². The van der Waals surface area contributed by atoms with Gasteiger partial charge in [-0.15, -0.1) is 0 Å². The normalized spacial score (nSPS) is 13.1. The first-order valence-electron chi connectivity index (χ1n) is 5.64. The molecule has 0 fully saturated rings. The van der Waals surface area contributed by atoms with Gasteiger partial charge in [0.2, 0.25) is 0 Å². The van der Waals surface area contributed by atoms with Gasteiger partial charge >= 0.3 is 0 Å². The molecule has 0 radical (unpaired) electrons. The zero-order valence-corrected chi connectivity index (χ0v) is 9.83. The van der Waals surface area contributed by atoms with Gasteiger partial charge in [0.1, 0.15) is 0 Å². The monoisotopic (exact) mass is 207 g/mol. The van der Waals surface area contributed by atoms with Crippen LogP contribution in [0.5, 0.6) is 0 Å². The van der Waals surface area contributed by atoms with Gasteiger partial charge in [-0.25, -0.2) is 0 Å². The molecule has 0 aromatic heterocycles. The lowest BCUT2D eigenvalue weighted by Gasteiger charge is -2.22. The summed E-state index contributed by atoms with van der Waals surface area (Å²) < 4.78 is 0. The largest absolute Gasteiger partial charge is 0.399 e. The predicted octanol–water partition coefficient (Wildman–Crippen LogP) is 3.05.